The Labute approximate surface area is 142 Å². The molecule has 0 saturated heterocycles. The third-order valence-electron chi connectivity index (χ3n) is 3.39. The molecule has 1 unspecified atom stereocenters. The van der Waals surface area contributed by atoms with Gasteiger partial charge in [0.1, 0.15) is 0 Å². The van der Waals surface area contributed by atoms with Crippen molar-refractivity contribution in [3.8, 4) is 0 Å². The largest absolute Gasteiger partial charge is 0.385 e. The van der Waals surface area contributed by atoms with Crippen LogP contribution in [0.4, 0.5) is 5.69 Å². The van der Waals surface area contributed by atoms with Crippen molar-refractivity contribution < 1.29 is 14.3 Å². The second kappa shape index (κ2) is 10.2. The highest BCUT2D eigenvalue weighted by Crippen LogP contribution is 2.14. The fourth-order valence-corrected chi connectivity index (χ4v) is 1.97. The van der Waals surface area contributed by atoms with Crippen LogP contribution in [0.3, 0.4) is 0 Å². The highest BCUT2D eigenvalue weighted by molar-refractivity contribution is 6.30. The smallest absolute Gasteiger partial charge is 0.241 e. The maximum Gasteiger partial charge on any atom is 0.241 e. The van der Waals surface area contributed by atoms with Gasteiger partial charge in [-0.05, 0) is 44.7 Å². The van der Waals surface area contributed by atoms with Crippen molar-refractivity contribution in [3.63, 3.8) is 0 Å². The molecule has 0 saturated carbocycles. The minimum absolute atomic E-state index is 0.116. The molecule has 128 valence electrons. The number of nitrogens with one attached hydrogen (secondary N) is 2. The Hall–Kier alpha value is -1.63. The Bertz CT molecular complexity index is 508. The van der Waals surface area contributed by atoms with Crippen LogP contribution in [0.25, 0.3) is 0 Å². The third-order valence-corrected chi connectivity index (χ3v) is 3.64. The highest BCUT2D eigenvalue weighted by atomic mass is 35.5. The molecule has 6 nitrogen and oxygen atoms in total. The number of amides is 2. The zero-order valence-electron chi connectivity index (χ0n) is 13.8. The summed E-state index contributed by atoms with van der Waals surface area (Å²) in [6.45, 7) is 3.08. The van der Waals surface area contributed by atoms with Crippen LogP contribution in [0.2, 0.25) is 5.02 Å². The van der Waals surface area contributed by atoms with Crippen molar-refractivity contribution in [3.05, 3.63) is 29.3 Å². The van der Waals surface area contributed by atoms with Crippen LogP contribution >= 0.6 is 11.6 Å². The molecule has 0 fully saturated rings. The Morgan fingerprint density at radius 2 is 1.96 bits per heavy atom. The lowest BCUT2D eigenvalue weighted by Gasteiger charge is -2.23. The van der Waals surface area contributed by atoms with E-state index in [9.17, 15) is 9.59 Å². The van der Waals surface area contributed by atoms with E-state index in [1.165, 1.54) is 0 Å². The first-order valence-corrected chi connectivity index (χ1v) is 7.84. The first-order chi connectivity index (χ1) is 10.9. The van der Waals surface area contributed by atoms with Gasteiger partial charge in [-0.3, -0.25) is 14.5 Å². The van der Waals surface area contributed by atoms with Crippen LogP contribution in [0.1, 0.15) is 13.3 Å². The lowest BCUT2D eigenvalue weighted by molar-refractivity contribution is -0.124. The molecule has 1 aromatic rings. The number of hydrogen-bond donors (Lipinski definition) is 2. The number of carbonyl (C=O) groups excluding carboxylic acids is 2. The minimum Gasteiger partial charge on any atom is -0.385 e. The number of likely N-dealkylation sites (N-methyl/N-ethyl adjacent to an activating group) is 1. The van der Waals surface area contributed by atoms with Crippen LogP contribution in [0, 0.1) is 0 Å². The predicted molar refractivity (Wildman–Crippen MR) is 91.7 cm³/mol. The van der Waals surface area contributed by atoms with Gasteiger partial charge >= 0.3 is 0 Å². The summed E-state index contributed by atoms with van der Waals surface area (Å²) in [6.07, 6.45) is 0.762. The van der Waals surface area contributed by atoms with E-state index >= 15 is 0 Å². The van der Waals surface area contributed by atoms with Crippen LogP contribution in [0.5, 0.6) is 0 Å². The van der Waals surface area contributed by atoms with E-state index in [2.05, 4.69) is 10.6 Å². The monoisotopic (exact) mass is 341 g/mol. The number of ether oxygens (including phenoxy) is 1. The Balaban J connectivity index is 2.39. The standard InChI is InChI=1S/C16H24ClN3O3/c1-12(16(22)19-14-7-5-13(17)6-8-14)20(2)11-15(21)18-9-4-10-23-3/h5-8,12H,4,9-11H2,1-3H3,(H,18,21)(H,19,22). The normalized spacial score (nSPS) is 12.0. The Kier molecular flexibility index (Phi) is 8.61. The number of benzene rings is 1. The minimum atomic E-state index is -0.435. The Morgan fingerprint density at radius 3 is 2.57 bits per heavy atom. The maximum atomic E-state index is 12.2. The van der Waals surface area contributed by atoms with Crippen molar-refractivity contribution >= 4 is 29.1 Å². The molecule has 0 aliphatic rings. The van der Waals surface area contributed by atoms with Gasteiger partial charge in [-0.1, -0.05) is 11.6 Å². The van der Waals surface area contributed by atoms with E-state index in [-0.39, 0.29) is 18.4 Å². The second-order valence-corrected chi connectivity index (χ2v) is 5.72. The summed E-state index contributed by atoms with van der Waals surface area (Å²) in [5, 5.41) is 6.20. The summed E-state index contributed by atoms with van der Waals surface area (Å²) in [7, 11) is 3.36. The first kappa shape index (κ1) is 19.4. The molecular weight excluding hydrogens is 318 g/mol. The lowest BCUT2D eigenvalue weighted by atomic mass is 10.2. The predicted octanol–water partition coefficient (Wildman–Crippen LogP) is 1.75. The molecule has 0 aromatic heterocycles. The van der Waals surface area contributed by atoms with Gasteiger partial charge in [-0.25, -0.2) is 0 Å². The third kappa shape index (κ3) is 7.45. The molecule has 1 aromatic carbocycles. The van der Waals surface area contributed by atoms with Gasteiger partial charge in [0.05, 0.1) is 12.6 Å². The number of nitrogens with zero attached hydrogens (tertiary/aromatic N) is 1. The van der Waals surface area contributed by atoms with Crippen LogP contribution in [-0.4, -0.2) is 56.6 Å². The lowest BCUT2D eigenvalue weighted by Crippen LogP contribution is -2.45. The van der Waals surface area contributed by atoms with Crippen molar-refractivity contribution in [1.29, 1.82) is 0 Å². The van der Waals surface area contributed by atoms with Gasteiger partial charge in [0.2, 0.25) is 11.8 Å². The molecule has 0 aliphatic carbocycles. The van der Waals surface area contributed by atoms with Crippen molar-refractivity contribution in [2.75, 3.05) is 39.2 Å². The van der Waals surface area contributed by atoms with Crippen molar-refractivity contribution in [2.45, 2.75) is 19.4 Å². The van der Waals surface area contributed by atoms with Crippen LogP contribution in [-0.2, 0) is 14.3 Å². The molecule has 0 aliphatic heterocycles. The summed E-state index contributed by atoms with van der Waals surface area (Å²) in [5.74, 6) is -0.295. The van der Waals surface area contributed by atoms with E-state index in [0.717, 1.165) is 6.42 Å². The zero-order valence-corrected chi connectivity index (χ0v) is 14.5. The number of methoxy groups -OCH3 is 1. The maximum absolute atomic E-state index is 12.2. The molecule has 1 atom stereocenters. The number of rotatable bonds is 9. The van der Waals surface area contributed by atoms with E-state index in [0.29, 0.717) is 23.9 Å². The molecule has 2 amide bonds. The van der Waals surface area contributed by atoms with E-state index in [1.54, 1.807) is 50.2 Å². The van der Waals surface area contributed by atoms with Crippen LogP contribution < -0.4 is 10.6 Å². The van der Waals surface area contributed by atoms with E-state index < -0.39 is 6.04 Å². The van der Waals surface area contributed by atoms with E-state index in [1.807, 2.05) is 0 Å². The number of halogens is 1. The van der Waals surface area contributed by atoms with Gasteiger partial charge in [0, 0.05) is 31.0 Å². The summed E-state index contributed by atoms with van der Waals surface area (Å²) in [5.41, 5.74) is 0.670. The average Bonchev–Trinajstić information content (AvgIpc) is 2.53. The first-order valence-electron chi connectivity index (χ1n) is 7.46. The van der Waals surface area contributed by atoms with E-state index in [4.69, 9.17) is 16.3 Å². The summed E-state index contributed by atoms with van der Waals surface area (Å²) >= 11 is 5.81. The molecule has 0 radical (unpaired) electrons. The van der Waals surface area contributed by atoms with Crippen molar-refractivity contribution in [1.82, 2.24) is 10.2 Å². The second-order valence-electron chi connectivity index (χ2n) is 5.28. The van der Waals surface area contributed by atoms with Crippen molar-refractivity contribution in [2.24, 2.45) is 0 Å². The zero-order chi connectivity index (χ0) is 17.2. The molecule has 1 rings (SSSR count). The molecule has 7 heteroatoms. The Morgan fingerprint density at radius 1 is 1.30 bits per heavy atom. The molecule has 23 heavy (non-hydrogen) atoms. The fraction of sp³-hybridized carbons (Fsp3) is 0.500. The molecule has 0 bridgehead atoms. The topological polar surface area (TPSA) is 70.7 Å². The average molecular weight is 342 g/mol. The van der Waals surface area contributed by atoms with Gasteiger partial charge < -0.3 is 15.4 Å². The highest BCUT2D eigenvalue weighted by Gasteiger charge is 2.20. The SMILES string of the molecule is COCCCNC(=O)CN(C)C(C)C(=O)Nc1ccc(Cl)cc1. The quantitative estimate of drug-likeness (QED) is 0.671. The molecule has 2 N–H and O–H groups in total. The summed E-state index contributed by atoms with van der Waals surface area (Å²) in [6, 6.07) is 6.44. The molecular formula is C16H24ClN3O3. The molecule has 0 heterocycles. The van der Waals surface area contributed by atoms with Crippen LogP contribution in [0.15, 0.2) is 24.3 Å². The number of carbonyl (C=O) groups is 2. The molecule has 0 spiro atoms. The van der Waals surface area contributed by atoms with Gasteiger partial charge in [-0.2, -0.15) is 0 Å². The summed E-state index contributed by atoms with van der Waals surface area (Å²) in [4.78, 5) is 25.7. The number of hydrogen-bond acceptors (Lipinski definition) is 4. The fourth-order valence-electron chi connectivity index (χ4n) is 1.84. The van der Waals surface area contributed by atoms with Gasteiger partial charge in [0.25, 0.3) is 0 Å². The summed E-state index contributed by atoms with van der Waals surface area (Å²) < 4.78 is 4.92. The van der Waals surface area contributed by atoms with Gasteiger partial charge in [-0.15, -0.1) is 0 Å². The van der Waals surface area contributed by atoms with Gasteiger partial charge in [0.15, 0.2) is 0 Å². The number of anilines is 1.